The molecule has 10 heteroatoms. The average Bonchev–Trinajstić information content (AvgIpc) is 2.93. The summed E-state index contributed by atoms with van der Waals surface area (Å²) in [6.45, 7) is 4.88. The van der Waals surface area contributed by atoms with E-state index in [1.807, 2.05) is 13.8 Å². The van der Waals surface area contributed by atoms with Crippen LogP contribution in [0.5, 0.6) is 0 Å². The number of amides is 2. The molecular weight excluding hydrogens is 346 g/mol. The van der Waals surface area contributed by atoms with Crippen LogP contribution in [-0.2, 0) is 10.0 Å². The highest BCUT2D eigenvalue weighted by atomic mass is 32.2. The van der Waals surface area contributed by atoms with E-state index in [1.54, 1.807) is 11.0 Å². The van der Waals surface area contributed by atoms with Crippen molar-refractivity contribution in [1.82, 2.24) is 24.5 Å². The molecule has 0 spiro atoms. The van der Waals surface area contributed by atoms with Crippen LogP contribution < -0.4 is 11.0 Å². The van der Waals surface area contributed by atoms with Gasteiger partial charge in [-0.25, -0.2) is 18.0 Å². The third-order valence-corrected chi connectivity index (χ3v) is 5.96. The zero-order chi connectivity index (χ0) is 18.2. The number of piperazine rings is 1. The fourth-order valence-corrected chi connectivity index (χ4v) is 4.24. The molecule has 3 rings (SSSR count). The summed E-state index contributed by atoms with van der Waals surface area (Å²) in [5.74, 6) is 0. The van der Waals surface area contributed by atoms with Crippen molar-refractivity contribution in [2.45, 2.75) is 24.8 Å². The van der Waals surface area contributed by atoms with Gasteiger partial charge in [-0.3, -0.25) is 0 Å². The maximum Gasteiger partial charge on any atom is 0.323 e. The van der Waals surface area contributed by atoms with Gasteiger partial charge >= 0.3 is 11.7 Å². The number of rotatable bonds is 3. The Balaban J connectivity index is 1.74. The van der Waals surface area contributed by atoms with Crippen molar-refractivity contribution in [3.8, 4) is 0 Å². The molecule has 1 saturated heterocycles. The summed E-state index contributed by atoms with van der Waals surface area (Å²) in [6, 6.07) is 4.33. The van der Waals surface area contributed by atoms with E-state index < -0.39 is 10.0 Å². The van der Waals surface area contributed by atoms with Gasteiger partial charge in [0.25, 0.3) is 0 Å². The average molecular weight is 367 g/mol. The molecule has 136 valence electrons. The first-order valence-corrected chi connectivity index (χ1v) is 9.49. The van der Waals surface area contributed by atoms with Crippen molar-refractivity contribution in [3.05, 3.63) is 28.7 Å². The fourth-order valence-electron chi connectivity index (χ4n) is 2.79. The molecule has 1 fully saturated rings. The van der Waals surface area contributed by atoms with Crippen molar-refractivity contribution in [1.29, 1.82) is 0 Å². The number of benzene rings is 1. The first kappa shape index (κ1) is 17.5. The van der Waals surface area contributed by atoms with Gasteiger partial charge in [-0.2, -0.15) is 4.31 Å². The Labute approximate surface area is 145 Å². The Morgan fingerprint density at radius 3 is 2.40 bits per heavy atom. The van der Waals surface area contributed by atoms with Gasteiger partial charge < -0.3 is 20.2 Å². The summed E-state index contributed by atoms with van der Waals surface area (Å²) in [4.78, 5) is 30.2. The third-order valence-electron chi connectivity index (χ3n) is 4.06. The Morgan fingerprint density at radius 1 is 1.12 bits per heavy atom. The largest absolute Gasteiger partial charge is 0.336 e. The number of aromatic amines is 2. The van der Waals surface area contributed by atoms with Gasteiger partial charge in [-0.05, 0) is 32.0 Å². The topological polar surface area (TPSA) is 118 Å². The molecule has 1 aromatic carbocycles. The first-order valence-electron chi connectivity index (χ1n) is 8.05. The highest BCUT2D eigenvalue weighted by molar-refractivity contribution is 7.89. The van der Waals surface area contributed by atoms with Crippen molar-refractivity contribution in [2.24, 2.45) is 0 Å². The number of carbonyl (C=O) groups is 1. The minimum absolute atomic E-state index is 0.0319. The number of carbonyl (C=O) groups excluding carboxylic acids is 1. The van der Waals surface area contributed by atoms with E-state index in [-0.39, 0.29) is 35.7 Å². The normalized spacial score (nSPS) is 16.5. The lowest BCUT2D eigenvalue weighted by Gasteiger charge is -2.34. The number of fused-ring (bicyclic) bond motifs is 1. The lowest BCUT2D eigenvalue weighted by molar-refractivity contribution is 0.170. The van der Waals surface area contributed by atoms with Crippen LogP contribution in [0.1, 0.15) is 13.8 Å². The number of nitrogens with one attached hydrogen (secondary N) is 3. The van der Waals surface area contributed by atoms with Gasteiger partial charge in [0.05, 0.1) is 15.9 Å². The molecule has 0 unspecified atom stereocenters. The van der Waals surface area contributed by atoms with Gasteiger partial charge in [0.1, 0.15) is 0 Å². The second-order valence-electron chi connectivity index (χ2n) is 6.28. The van der Waals surface area contributed by atoms with E-state index in [2.05, 4.69) is 15.3 Å². The van der Waals surface area contributed by atoms with Crippen molar-refractivity contribution in [3.63, 3.8) is 0 Å². The number of hydrogen-bond donors (Lipinski definition) is 3. The summed E-state index contributed by atoms with van der Waals surface area (Å²) in [5, 5.41) is 2.80. The predicted octanol–water partition coefficient (Wildman–Crippen LogP) is 0.281. The Morgan fingerprint density at radius 2 is 1.76 bits per heavy atom. The maximum absolute atomic E-state index is 12.8. The van der Waals surface area contributed by atoms with Crippen molar-refractivity contribution < 1.29 is 13.2 Å². The van der Waals surface area contributed by atoms with Gasteiger partial charge in [-0.1, -0.05) is 0 Å². The van der Waals surface area contributed by atoms with Crippen LogP contribution >= 0.6 is 0 Å². The molecular formula is C15H21N5O4S. The minimum Gasteiger partial charge on any atom is -0.336 e. The second kappa shape index (κ2) is 6.52. The Hall–Kier alpha value is -2.33. The van der Waals surface area contributed by atoms with Gasteiger partial charge in [-0.15, -0.1) is 0 Å². The lowest BCUT2D eigenvalue weighted by atomic mass is 10.3. The number of sulfonamides is 1. The highest BCUT2D eigenvalue weighted by Gasteiger charge is 2.30. The molecule has 1 aliphatic heterocycles. The highest BCUT2D eigenvalue weighted by Crippen LogP contribution is 2.20. The molecule has 2 aromatic rings. The zero-order valence-corrected chi connectivity index (χ0v) is 14.9. The number of hydrogen-bond acceptors (Lipinski definition) is 4. The molecule has 25 heavy (non-hydrogen) atoms. The Bertz CT molecular complexity index is 938. The molecule has 0 radical (unpaired) electrons. The van der Waals surface area contributed by atoms with E-state index >= 15 is 0 Å². The molecule has 2 amide bonds. The van der Waals surface area contributed by atoms with Crippen LogP contribution in [0.3, 0.4) is 0 Å². The second-order valence-corrected chi connectivity index (χ2v) is 8.22. The molecule has 0 saturated carbocycles. The molecule has 0 bridgehead atoms. The Kier molecular flexibility index (Phi) is 4.56. The van der Waals surface area contributed by atoms with E-state index in [0.29, 0.717) is 24.1 Å². The van der Waals surface area contributed by atoms with E-state index in [9.17, 15) is 18.0 Å². The molecule has 3 N–H and O–H groups in total. The number of H-pyrrole nitrogens is 2. The van der Waals surface area contributed by atoms with Gasteiger partial charge in [0.2, 0.25) is 10.0 Å². The van der Waals surface area contributed by atoms with E-state index in [1.165, 1.54) is 16.4 Å². The first-order chi connectivity index (χ1) is 11.8. The predicted molar refractivity (Wildman–Crippen MR) is 92.9 cm³/mol. The zero-order valence-electron chi connectivity index (χ0n) is 14.1. The van der Waals surface area contributed by atoms with E-state index in [4.69, 9.17) is 0 Å². The van der Waals surface area contributed by atoms with Crippen LogP contribution in [0.25, 0.3) is 11.0 Å². The van der Waals surface area contributed by atoms with Gasteiger partial charge in [0, 0.05) is 32.2 Å². The maximum atomic E-state index is 12.8. The smallest absolute Gasteiger partial charge is 0.323 e. The van der Waals surface area contributed by atoms with Crippen LogP contribution in [0.4, 0.5) is 4.79 Å². The summed E-state index contributed by atoms with van der Waals surface area (Å²) in [6.07, 6.45) is 0. The lowest BCUT2D eigenvalue weighted by Crippen LogP contribution is -2.53. The number of nitrogens with zero attached hydrogens (tertiary/aromatic N) is 2. The molecule has 0 aliphatic carbocycles. The quantitative estimate of drug-likeness (QED) is 0.722. The van der Waals surface area contributed by atoms with Crippen LogP contribution in [0, 0.1) is 0 Å². The fraction of sp³-hybridized carbons (Fsp3) is 0.467. The van der Waals surface area contributed by atoms with Crippen LogP contribution in [0.15, 0.2) is 27.9 Å². The molecule has 2 heterocycles. The number of urea groups is 1. The third kappa shape index (κ3) is 3.54. The molecule has 9 nitrogen and oxygen atoms in total. The summed E-state index contributed by atoms with van der Waals surface area (Å²) in [5.41, 5.74) is 0.620. The van der Waals surface area contributed by atoms with Crippen molar-refractivity contribution in [2.75, 3.05) is 26.2 Å². The number of aromatic nitrogens is 2. The monoisotopic (exact) mass is 367 g/mol. The van der Waals surface area contributed by atoms with E-state index in [0.717, 1.165) is 0 Å². The van der Waals surface area contributed by atoms with Crippen LogP contribution in [0.2, 0.25) is 0 Å². The summed E-state index contributed by atoms with van der Waals surface area (Å²) in [7, 11) is -3.68. The molecule has 1 aromatic heterocycles. The minimum atomic E-state index is -3.68. The standard InChI is InChI=1S/C15H21N5O4S/c1-10(2)16-15(22)19-5-7-20(8-6-19)25(23,24)11-3-4-12-13(9-11)18-14(21)17-12/h3-4,9-10H,5-8H2,1-2H3,(H,16,22)(H2,17,18,21). The van der Waals surface area contributed by atoms with Crippen LogP contribution in [-0.4, -0.2) is 65.8 Å². The number of imidazole rings is 1. The SMILES string of the molecule is CC(C)NC(=O)N1CCN(S(=O)(=O)c2ccc3[nH]c(=O)[nH]c3c2)CC1. The summed E-state index contributed by atoms with van der Waals surface area (Å²) >= 11 is 0. The molecule has 0 atom stereocenters. The molecule has 1 aliphatic rings. The van der Waals surface area contributed by atoms with Crippen molar-refractivity contribution >= 4 is 27.1 Å². The van der Waals surface area contributed by atoms with Gasteiger partial charge in [0.15, 0.2) is 0 Å². The summed E-state index contributed by atoms with van der Waals surface area (Å²) < 4.78 is 27.0.